The zero-order chi connectivity index (χ0) is 16.2. The molecule has 2 N–H and O–H groups in total. The van der Waals surface area contributed by atoms with Gasteiger partial charge in [0.15, 0.2) is 0 Å². The van der Waals surface area contributed by atoms with E-state index in [1.165, 1.54) is 5.56 Å². The van der Waals surface area contributed by atoms with Crippen LogP contribution in [0.2, 0.25) is 0 Å². The normalized spacial score (nSPS) is 20.3. The van der Waals surface area contributed by atoms with Crippen molar-refractivity contribution < 1.29 is 14.7 Å². The van der Waals surface area contributed by atoms with E-state index in [2.05, 4.69) is 28.9 Å². The monoisotopic (exact) mass is 329 g/mol. The first kappa shape index (κ1) is 15.7. The Kier molecular flexibility index (Phi) is 4.76. The Morgan fingerprint density at radius 2 is 2.00 bits per heavy atom. The molecule has 1 saturated carbocycles. The highest BCUT2D eigenvalue weighted by atomic mass is 32.1. The quantitative estimate of drug-likeness (QED) is 0.882. The standard InChI is InChI=1S/C18H19NO3S/c20-17(14-4-5-15(9-14)18(21)22)19-10-12-2-1-3-13(8-12)16-6-7-23-11-16/h1-3,6-8,11,14-15H,4-5,9-10H2,(H,19,20)(H,21,22)/t14-,15+/m0/s1. The van der Waals surface area contributed by atoms with Gasteiger partial charge in [0.1, 0.15) is 0 Å². The fourth-order valence-electron chi connectivity index (χ4n) is 3.07. The summed E-state index contributed by atoms with van der Waals surface area (Å²) in [7, 11) is 0. The summed E-state index contributed by atoms with van der Waals surface area (Å²) in [6, 6.07) is 10.2. The Balaban J connectivity index is 1.57. The molecule has 2 atom stereocenters. The molecule has 3 rings (SSSR count). The van der Waals surface area contributed by atoms with E-state index in [-0.39, 0.29) is 17.7 Å². The lowest BCUT2D eigenvalue weighted by atomic mass is 10.0. The van der Waals surface area contributed by atoms with Gasteiger partial charge < -0.3 is 10.4 Å². The van der Waals surface area contributed by atoms with Crippen LogP contribution in [0, 0.1) is 11.8 Å². The number of nitrogens with one attached hydrogen (secondary N) is 1. The predicted molar refractivity (Wildman–Crippen MR) is 90.1 cm³/mol. The smallest absolute Gasteiger partial charge is 0.306 e. The molecular formula is C18H19NO3S. The Morgan fingerprint density at radius 3 is 2.70 bits per heavy atom. The van der Waals surface area contributed by atoms with Crippen LogP contribution in [-0.4, -0.2) is 17.0 Å². The minimum atomic E-state index is -0.788. The zero-order valence-corrected chi connectivity index (χ0v) is 13.5. The lowest BCUT2D eigenvalue weighted by Crippen LogP contribution is -2.29. The maximum Gasteiger partial charge on any atom is 0.306 e. The van der Waals surface area contributed by atoms with E-state index in [4.69, 9.17) is 5.11 Å². The van der Waals surface area contributed by atoms with Crippen LogP contribution in [0.4, 0.5) is 0 Å². The summed E-state index contributed by atoms with van der Waals surface area (Å²) in [4.78, 5) is 23.2. The molecule has 0 unspecified atom stereocenters. The van der Waals surface area contributed by atoms with Crippen LogP contribution in [0.15, 0.2) is 41.1 Å². The fraction of sp³-hybridized carbons (Fsp3) is 0.333. The lowest BCUT2D eigenvalue weighted by molar-refractivity contribution is -0.141. The van der Waals surface area contributed by atoms with Crippen molar-refractivity contribution in [3.63, 3.8) is 0 Å². The minimum absolute atomic E-state index is 0.0327. The number of amides is 1. The van der Waals surface area contributed by atoms with Gasteiger partial charge in [-0.3, -0.25) is 9.59 Å². The molecule has 0 radical (unpaired) electrons. The molecule has 5 heteroatoms. The summed E-state index contributed by atoms with van der Waals surface area (Å²) in [6.45, 7) is 0.477. The van der Waals surface area contributed by atoms with E-state index < -0.39 is 5.97 Å². The van der Waals surface area contributed by atoms with Gasteiger partial charge in [-0.1, -0.05) is 18.2 Å². The number of carboxylic acid groups (broad SMARTS) is 1. The highest BCUT2D eigenvalue weighted by Gasteiger charge is 2.33. The van der Waals surface area contributed by atoms with Crippen LogP contribution in [-0.2, 0) is 16.1 Å². The third-order valence-electron chi connectivity index (χ3n) is 4.40. The third kappa shape index (κ3) is 3.79. The highest BCUT2D eigenvalue weighted by Crippen LogP contribution is 2.31. The van der Waals surface area contributed by atoms with Gasteiger partial charge in [-0.2, -0.15) is 11.3 Å². The number of benzene rings is 1. The average molecular weight is 329 g/mol. The Hall–Kier alpha value is -2.14. The molecule has 0 bridgehead atoms. The first-order valence-electron chi connectivity index (χ1n) is 7.75. The van der Waals surface area contributed by atoms with E-state index >= 15 is 0 Å². The number of carboxylic acids is 1. The van der Waals surface area contributed by atoms with Crippen molar-refractivity contribution in [2.45, 2.75) is 25.8 Å². The molecular weight excluding hydrogens is 310 g/mol. The van der Waals surface area contributed by atoms with Crippen molar-refractivity contribution in [1.82, 2.24) is 5.32 Å². The van der Waals surface area contributed by atoms with Crippen LogP contribution in [0.25, 0.3) is 11.1 Å². The second-order valence-electron chi connectivity index (χ2n) is 5.98. The Labute approximate surface area is 139 Å². The fourth-order valence-corrected chi connectivity index (χ4v) is 3.73. The molecule has 4 nitrogen and oxygen atoms in total. The molecule has 1 fully saturated rings. The van der Waals surface area contributed by atoms with Gasteiger partial charge in [-0.15, -0.1) is 0 Å². The molecule has 1 heterocycles. The average Bonchev–Trinajstić information content (AvgIpc) is 3.24. The maximum absolute atomic E-state index is 12.2. The molecule has 120 valence electrons. The van der Waals surface area contributed by atoms with E-state index in [1.54, 1.807) is 11.3 Å². The van der Waals surface area contributed by atoms with Crippen LogP contribution in [0.5, 0.6) is 0 Å². The van der Waals surface area contributed by atoms with Gasteiger partial charge in [0, 0.05) is 12.5 Å². The van der Waals surface area contributed by atoms with Crippen LogP contribution in [0.3, 0.4) is 0 Å². The Morgan fingerprint density at radius 1 is 1.17 bits per heavy atom. The van der Waals surface area contributed by atoms with E-state index in [9.17, 15) is 9.59 Å². The van der Waals surface area contributed by atoms with Crippen molar-refractivity contribution >= 4 is 23.2 Å². The van der Waals surface area contributed by atoms with Crippen molar-refractivity contribution in [3.05, 3.63) is 46.7 Å². The number of thiophene rings is 1. The van der Waals surface area contributed by atoms with E-state index in [1.807, 2.05) is 17.5 Å². The van der Waals surface area contributed by atoms with Crippen molar-refractivity contribution in [2.24, 2.45) is 11.8 Å². The van der Waals surface area contributed by atoms with Gasteiger partial charge >= 0.3 is 5.97 Å². The van der Waals surface area contributed by atoms with Gasteiger partial charge in [0.05, 0.1) is 5.92 Å². The number of carbonyl (C=O) groups excluding carboxylic acids is 1. The molecule has 0 saturated heterocycles. The molecule has 1 aliphatic carbocycles. The van der Waals surface area contributed by atoms with E-state index in [0.717, 1.165) is 11.1 Å². The third-order valence-corrected chi connectivity index (χ3v) is 5.08. The maximum atomic E-state index is 12.2. The number of aliphatic carboxylic acids is 1. The molecule has 1 aromatic carbocycles. The molecule has 0 spiro atoms. The van der Waals surface area contributed by atoms with E-state index in [0.29, 0.717) is 25.8 Å². The van der Waals surface area contributed by atoms with Gasteiger partial charge in [-0.05, 0) is 58.8 Å². The number of carbonyl (C=O) groups is 2. The van der Waals surface area contributed by atoms with Crippen molar-refractivity contribution in [3.8, 4) is 11.1 Å². The molecule has 0 aliphatic heterocycles. The molecule has 1 aliphatic rings. The zero-order valence-electron chi connectivity index (χ0n) is 12.7. The second kappa shape index (κ2) is 6.96. The largest absolute Gasteiger partial charge is 0.481 e. The first-order chi connectivity index (χ1) is 11.1. The topological polar surface area (TPSA) is 66.4 Å². The Bertz CT molecular complexity index is 696. The molecule has 2 aromatic rings. The van der Waals surface area contributed by atoms with Gasteiger partial charge in [0.2, 0.25) is 5.91 Å². The predicted octanol–water partition coefficient (Wildman–Crippen LogP) is 3.53. The minimum Gasteiger partial charge on any atom is -0.481 e. The number of hydrogen-bond acceptors (Lipinski definition) is 3. The van der Waals surface area contributed by atoms with Crippen molar-refractivity contribution in [1.29, 1.82) is 0 Å². The summed E-state index contributed by atoms with van der Waals surface area (Å²) in [5.74, 6) is -1.36. The summed E-state index contributed by atoms with van der Waals surface area (Å²) >= 11 is 1.66. The van der Waals surface area contributed by atoms with Gasteiger partial charge in [0.25, 0.3) is 0 Å². The highest BCUT2D eigenvalue weighted by molar-refractivity contribution is 7.08. The number of hydrogen-bond donors (Lipinski definition) is 2. The lowest BCUT2D eigenvalue weighted by Gasteiger charge is -2.11. The second-order valence-corrected chi connectivity index (χ2v) is 6.76. The number of rotatable bonds is 5. The van der Waals surface area contributed by atoms with Crippen LogP contribution in [0.1, 0.15) is 24.8 Å². The SMILES string of the molecule is O=C(O)[C@@H]1CC[C@H](C(=O)NCc2cccc(-c3ccsc3)c2)C1. The first-order valence-corrected chi connectivity index (χ1v) is 8.70. The van der Waals surface area contributed by atoms with Crippen LogP contribution >= 0.6 is 11.3 Å². The molecule has 1 aromatic heterocycles. The summed E-state index contributed by atoms with van der Waals surface area (Å²) < 4.78 is 0. The summed E-state index contributed by atoms with van der Waals surface area (Å²) in [5, 5.41) is 16.1. The molecule has 1 amide bonds. The van der Waals surface area contributed by atoms with Crippen molar-refractivity contribution in [2.75, 3.05) is 0 Å². The summed E-state index contributed by atoms with van der Waals surface area (Å²) in [5.41, 5.74) is 3.38. The van der Waals surface area contributed by atoms with Crippen LogP contribution < -0.4 is 5.32 Å². The molecule has 23 heavy (non-hydrogen) atoms. The van der Waals surface area contributed by atoms with Gasteiger partial charge in [-0.25, -0.2) is 0 Å². The summed E-state index contributed by atoms with van der Waals surface area (Å²) in [6.07, 6.45) is 1.72.